The molecular weight excluding hydrogens is 367 g/mol. The van der Waals surface area contributed by atoms with Crippen LogP contribution in [0.1, 0.15) is 10.4 Å². The Morgan fingerprint density at radius 3 is 2.70 bits per heavy atom. The second kappa shape index (κ2) is 5.80. The first-order valence-electron chi connectivity index (χ1n) is 5.58. The van der Waals surface area contributed by atoms with Gasteiger partial charge in [0.2, 0.25) is 10.0 Å². The fourth-order valence-corrected chi connectivity index (χ4v) is 4.42. The Morgan fingerprint density at radius 2 is 2.10 bits per heavy atom. The highest BCUT2D eigenvalue weighted by Gasteiger charge is 2.19. The zero-order valence-corrected chi connectivity index (χ0v) is 13.7. The van der Waals surface area contributed by atoms with Crippen molar-refractivity contribution in [1.82, 2.24) is 4.72 Å². The molecule has 0 bridgehead atoms. The minimum Gasteiger partial charge on any atom is -0.399 e. The molecule has 0 aliphatic carbocycles. The van der Waals surface area contributed by atoms with Gasteiger partial charge >= 0.3 is 0 Å². The van der Waals surface area contributed by atoms with Gasteiger partial charge in [-0.25, -0.2) is 17.5 Å². The summed E-state index contributed by atoms with van der Waals surface area (Å²) in [6, 6.07) is 4.18. The van der Waals surface area contributed by atoms with Crippen LogP contribution in [0.3, 0.4) is 0 Å². The Kier molecular flexibility index (Phi) is 4.48. The predicted molar refractivity (Wildman–Crippen MR) is 81.6 cm³/mol. The number of hydrogen-bond acceptors (Lipinski definition) is 4. The Labute approximate surface area is 129 Å². The molecule has 0 spiro atoms. The normalized spacial score (nSPS) is 11.8. The first-order chi connectivity index (χ1) is 9.29. The van der Waals surface area contributed by atoms with E-state index in [0.717, 1.165) is 15.4 Å². The van der Waals surface area contributed by atoms with Crippen LogP contribution in [0.2, 0.25) is 0 Å². The fraction of sp³-hybridized carbons (Fsp3) is 0.167. The minimum absolute atomic E-state index is 0.0547. The van der Waals surface area contributed by atoms with E-state index in [4.69, 9.17) is 5.73 Å². The predicted octanol–water partition coefficient (Wildman–Crippen LogP) is 3.02. The highest BCUT2D eigenvalue weighted by atomic mass is 79.9. The van der Waals surface area contributed by atoms with Crippen LogP contribution in [0, 0.1) is 12.7 Å². The SMILES string of the molecule is Cc1c(F)cc(N)cc1S(=O)(=O)NCc1cc(Br)cs1. The lowest BCUT2D eigenvalue weighted by Gasteiger charge is -2.10. The van der Waals surface area contributed by atoms with Crippen LogP contribution in [0.25, 0.3) is 0 Å². The van der Waals surface area contributed by atoms with Gasteiger partial charge in [-0.15, -0.1) is 11.3 Å². The summed E-state index contributed by atoms with van der Waals surface area (Å²) in [6.45, 7) is 1.56. The molecule has 0 amide bonds. The quantitative estimate of drug-likeness (QED) is 0.803. The number of benzene rings is 1. The lowest BCUT2D eigenvalue weighted by molar-refractivity contribution is 0.575. The molecule has 1 aromatic carbocycles. The fourth-order valence-electron chi connectivity index (χ4n) is 1.64. The van der Waals surface area contributed by atoms with Crippen LogP contribution in [0.4, 0.5) is 10.1 Å². The van der Waals surface area contributed by atoms with E-state index in [9.17, 15) is 12.8 Å². The van der Waals surface area contributed by atoms with E-state index in [-0.39, 0.29) is 22.7 Å². The van der Waals surface area contributed by atoms with Crippen LogP contribution in [-0.2, 0) is 16.6 Å². The van der Waals surface area contributed by atoms with Crippen molar-refractivity contribution in [3.05, 3.63) is 44.3 Å². The minimum atomic E-state index is -3.80. The van der Waals surface area contributed by atoms with Crippen molar-refractivity contribution in [1.29, 1.82) is 0 Å². The van der Waals surface area contributed by atoms with Crippen molar-refractivity contribution in [2.45, 2.75) is 18.4 Å². The van der Waals surface area contributed by atoms with Crippen molar-refractivity contribution < 1.29 is 12.8 Å². The van der Waals surface area contributed by atoms with E-state index >= 15 is 0 Å². The maximum atomic E-state index is 13.6. The molecule has 0 aliphatic rings. The maximum absolute atomic E-state index is 13.6. The number of rotatable bonds is 4. The molecule has 2 aromatic rings. The molecule has 0 unspecified atom stereocenters. The van der Waals surface area contributed by atoms with Crippen molar-refractivity contribution in [2.75, 3.05) is 5.73 Å². The number of sulfonamides is 1. The van der Waals surface area contributed by atoms with E-state index in [1.807, 2.05) is 11.4 Å². The first-order valence-corrected chi connectivity index (χ1v) is 8.73. The van der Waals surface area contributed by atoms with Crippen molar-refractivity contribution in [3.8, 4) is 0 Å². The molecule has 0 atom stereocenters. The van der Waals surface area contributed by atoms with Gasteiger partial charge < -0.3 is 5.73 Å². The summed E-state index contributed by atoms with van der Waals surface area (Å²) < 4.78 is 41.3. The molecular formula is C12H12BrFN2O2S2. The molecule has 3 N–H and O–H groups in total. The summed E-state index contributed by atoms with van der Waals surface area (Å²) in [4.78, 5) is 0.716. The van der Waals surface area contributed by atoms with Gasteiger partial charge in [0.05, 0.1) is 4.90 Å². The van der Waals surface area contributed by atoms with E-state index in [2.05, 4.69) is 20.7 Å². The van der Waals surface area contributed by atoms with Crippen LogP contribution < -0.4 is 10.5 Å². The van der Waals surface area contributed by atoms with Crippen molar-refractivity contribution >= 4 is 43.0 Å². The number of nitrogen functional groups attached to an aromatic ring is 1. The largest absolute Gasteiger partial charge is 0.399 e. The Hall–Kier alpha value is -0.960. The zero-order chi connectivity index (χ0) is 14.9. The monoisotopic (exact) mass is 378 g/mol. The third-order valence-electron chi connectivity index (χ3n) is 2.67. The number of nitrogens with two attached hydrogens (primary N) is 1. The molecule has 1 aromatic heterocycles. The van der Waals surface area contributed by atoms with Crippen LogP contribution in [0.5, 0.6) is 0 Å². The van der Waals surface area contributed by atoms with Gasteiger partial charge in [0, 0.05) is 32.5 Å². The van der Waals surface area contributed by atoms with Gasteiger partial charge in [-0.2, -0.15) is 0 Å². The van der Waals surface area contributed by atoms with Gasteiger partial charge in [-0.1, -0.05) is 0 Å². The number of thiophene rings is 1. The Morgan fingerprint density at radius 1 is 1.40 bits per heavy atom. The number of hydrogen-bond donors (Lipinski definition) is 2. The van der Waals surface area contributed by atoms with E-state index < -0.39 is 15.8 Å². The second-order valence-electron chi connectivity index (χ2n) is 4.18. The molecule has 0 aliphatic heterocycles. The van der Waals surface area contributed by atoms with Gasteiger partial charge in [-0.3, -0.25) is 0 Å². The summed E-state index contributed by atoms with van der Waals surface area (Å²) in [5, 5.41) is 1.86. The molecule has 2 rings (SSSR count). The molecule has 1 heterocycles. The highest BCUT2D eigenvalue weighted by Crippen LogP contribution is 2.23. The van der Waals surface area contributed by atoms with E-state index in [1.54, 1.807) is 0 Å². The number of anilines is 1. The second-order valence-corrected chi connectivity index (χ2v) is 7.83. The number of halogens is 2. The summed E-state index contributed by atoms with van der Waals surface area (Å²) in [5.74, 6) is -0.635. The molecule has 8 heteroatoms. The molecule has 4 nitrogen and oxygen atoms in total. The van der Waals surface area contributed by atoms with Crippen LogP contribution >= 0.6 is 27.3 Å². The summed E-state index contributed by atoms with van der Waals surface area (Å²) in [5.41, 5.74) is 5.63. The first kappa shape index (κ1) is 15.4. The van der Waals surface area contributed by atoms with E-state index in [0.29, 0.717) is 0 Å². The molecule has 108 valence electrons. The number of nitrogens with one attached hydrogen (secondary N) is 1. The topological polar surface area (TPSA) is 72.2 Å². The summed E-state index contributed by atoms with van der Waals surface area (Å²) >= 11 is 4.72. The lowest BCUT2D eigenvalue weighted by atomic mass is 10.2. The lowest BCUT2D eigenvalue weighted by Crippen LogP contribution is -2.24. The molecule has 0 fully saturated rings. The smallest absolute Gasteiger partial charge is 0.241 e. The summed E-state index contributed by atoms with van der Waals surface area (Å²) in [6.07, 6.45) is 0. The highest BCUT2D eigenvalue weighted by molar-refractivity contribution is 9.10. The molecule has 0 saturated carbocycles. The van der Waals surface area contributed by atoms with Gasteiger partial charge in [0.1, 0.15) is 5.82 Å². The van der Waals surface area contributed by atoms with E-state index in [1.165, 1.54) is 24.3 Å². The average molecular weight is 379 g/mol. The van der Waals surface area contributed by atoms with Crippen LogP contribution in [-0.4, -0.2) is 8.42 Å². The molecule has 0 saturated heterocycles. The third kappa shape index (κ3) is 3.38. The van der Waals surface area contributed by atoms with Gasteiger partial charge in [0.25, 0.3) is 0 Å². The van der Waals surface area contributed by atoms with Gasteiger partial charge in [-0.05, 0) is 41.1 Å². The zero-order valence-electron chi connectivity index (χ0n) is 10.5. The van der Waals surface area contributed by atoms with Crippen LogP contribution in [0.15, 0.2) is 32.9 Å². The third-order valence-corrected chi connectivity index (χ3v) is 5.89. The summed E-state index contributed by atoms with van der Waals surface area (Å²) in [7, 11) is -3.80. The Balaban J connectivity index is 2.27. The Bertz CT molecular complexity index is 744. The molecule has 0 radical (unpaired) electrons. The molecule has 20 heavy (non-hydrogen) atoms. The van der Waals surface area contributed by atoms with Crippen molar-refractivity contribution in [2.24, 2.45) is 0 Å². The maximum Gasteiger partial charge on any atom is 0.241 e. The van der Waals surface area contributed by atoms with Gasteiger partial charge in [0.15, 0.2) is 0 Å². The standard InChI is InChI=1S/C12H12BrFN2O2S2/c1-7-11(14)3-9(15)4-12(7)20(17,18)16-5-10-2-8(13)6-19-10/h2-4,6,16H,5,15H2,1H3. The average Bonchev–Trinajstić information content (AvgIpc) is 2.77. The van der Waals surface area contributed by atoms with Crippen molar-refractivity contribution in [3.63, 3.8) is 0 Å².